The van der Waals surface area contributed by atoms with Crippen LogP contribution in [-0.2, 0) is 9.53 Å². The lowest BCUT2D eigenvalue weighted by atomic mass is 10.1. The number of nitrogens with zero attached hydrogens (tertiary/aromatic N) is 1. The molecule has 3 N–H and O–H groups in total. The Labute approximate surface area is 166 Å². The fraction of sp³-hybridized carbons (Fsp3) is 0.143. The molecule has 0 bridgehead atoms. The Bertz CT molecular complexity index is 1020. The quantitative estimate of drug-likeness (QED) is 0.515. The Morgan fingerprint density at radius 3 is 2.64 bits per heavy atom. The number of ether oxygens (including phenoxy) is 1. The number of carbonyl (C=O) groups is 1. The average Bonchev–Trinajstić information content (AvgIpc) is 2.94. The minimum Gasteiger partial charge on any atom is -0.506 e. The maximum Gasteiger partial charge on any atom is 0.344 e. The summed E-state index contributed by atoms with van der Waals surface area (Å²) >= 11 is 1.08. The lowest BCUT2D eigenvalue weighted by molar-refractivity contribution is -0.138. The van der Waals surface area contributed by atoms with Gasteiger partial charge < -0.3 is 20.1 Å². The second kappa shape index (κ2) is 8.22. The molecule has 1 heterocycles. The number of carbonyl (C=O) groups excluding carboxylic acids is 1. The first kappa shape index (κ1) is 19.6. The van der Waals surface area contributed by atoms with Crippen LogP contribution in [0.5, 0.6) is 11.5 Å². The number of benzene rings is 2. The molecule has 2 aromatic rings. The summed E-state index contributed by atoms with van der Waals surface area (Å²) in [6.45, 7) is 3.77. The number of hydrogen-bond acceptors (Lipinski definition) is 7. The summed E-state index contributed by atoms with van der Waals surface area (Å²) in [5.41, 5.74) is 1.92. The standard InChI is InChI=1S/C21H19NO5S/c1-3-27-21(26)17-19(25)16(11-13-7-5-9-15(23)18(13)24)28-20(17)22-14-8-4-6-12(2)10-14/h4-11,23-25H,3H2,1-2H3. The van der Waals surface area contributed by atoms with E-state index in [1.807, 2.05) is 25.1 Å². The number of phenols is 2. The van der Waals surface area contributed by atoms with Gasteiger partial charge in [-0.1, -0.05) is 36.0 Å². The molecule has 0 atom stereocenters. The molecule has 0 saturated heterocycles. The molecule has 28 heavy (non-hydrogen) atoms. The summed E-state index contributed by atoms with van der Waals surface area (Å²) in [6, 6.07) is 11.9. The normalized spacial score (nSPS) is 16.8. The number of rotatable bonds is 4. The number of phenolic OH excluding ortho intramolecular Hbond substituents is 2. The summed E-state index contributed by atoms with van der Waals surface area (Å²) in [7, 11) is 0. The first-order valence-corrected chi connectivity index (χ1v) is 9.39. The van der Waals surface area contributed by atoms with Crippen LogP contribution in [0.15, 0.2) is 63.7 Å². The van der Waals surface area contributed by atoms with Gasteiger partial charge in [-0.05, 0) is 43.7 Å². The number of hydrogen-bond donors (Lipinski definition) is 3. The van der Waals surface area contributed by atoms with Gasteiger partial charge in [0.1, 0.15) is 16.4 Å². The van der Waals surface area contributed by atoms with E-state index >= 15 is 0 Å². The molecule has 0 fully saturated rings. The molecule has 3 rings (SSSR count). The van der Waals surface area contributed by atoms with Crippen molar-refractivity contribution < 1.29 is 24.9 Å². The SMILES string of the molecule is CCOC(=O)C1=C(O)C(=Cc2cccc(O)c2O)SC1=Nc1cccc(C)c1. The Kier molecular flexibility index (Phi) is 5.75. The Morgan fingerprint density at radius 1 is 1.18 bits per heavy atom. The lowest BCUT2D eigenvalue weighted by Gasteiger charge is -2.04. The smallest absolute Gasteiger partial charge is 0.344 e. The van der Waals surface area contributed by atoms with Crippen LogP contribution in [0.4, 0.5) is 5.69 Å². The molecule has 144 valence electrons. The number of aromatic hydroxyl groups is 2. The number of thioether (sulfide) groups is 1. The fourth-order valence-electron chi connectivity index (χ4n) is 2.61. The molecular formula is C21H19NO5S. The van der Waals surface area contributed by atoms with E-state index in [0.29, 0.717) is 21.2 Å². The van der Waals surface area contributed by atoms with Crippen molar-refractivity contribution in [3.05, 3.63) is 69.8 Å². The van der Waals surface area contributed by atoms with Crippen LogP contribution in [0.2, 0.25) is 0 Å². The summed E-state index contributed by atoms with van der Waals surface area (Å²) in [4.78, 5) is 17.2. The Hall–Kier alpha value is -3.19. The summed E-state index contributed by atoms with van der Waals surface area (Å²) in [6.07, 6.45) is 1.48. The van der Waals surface area contributed by atoms with E-state index < -0.39 is 5.97 Å². The third-order valence-corrected chi connectivity index (χ3v) is 4.95. The van der Waals surface area contributed by atoms with E-state index in [4.69, 9.17) is 4.74 Å². The second-order valence-electron chi connectivity index (χ2n) is 6.03. The number of aryl methyl sites for hydroxylation is 1. The molecule has 0 amide bonds. The largest absolute Gasteiger partial charge is 0.506 e. The zero-order chi connectivity index (χ0) is 20.3. The molecule has 0 saturated carbocycles. The highest BCUT2D eigenvalue weighted by Crippen LogP contribution is 2.41. The van der Waals surface area contributed by atoms with Gasteiger partial charge in [-0.2, -0.15) is 0 Å². The molecule has 1 aliphatic rings. The number of aliphatic imine (C=N–C) groups is 1. The van der Waals surface area contributed by atoms with Gasteiger partial charge in [-0.3, -0.25) is 0 Å². The highest BCUT2D eigenvalue weighted by molar-refractivity contribution is 8.18. The minimum atomic E-state index is -0.678. The van der Waals surface area contributed by atoms with Crippen molar-refractivity contribution in [1.29, 1.82) is 0 Å². The van der Waals surface area contributed by atoms with Crippen LogP contribution in [0, 0.1) is 6.92 Å². The number of aliphatic hydroxyl groups excluding tert-OH is 1. The topological polar surface area (TPSA) is 99.4 Å². The van der Waals surface area contributed by atoms with Crippen molar-refractivity contribution in [3.8, 4) is 11.5 Å². The van der Waals surface area contributed by atoms with Crippen molar-refractivity contribution in [2.75, 3.05) is 6.61 Å². The van der Waals surface area contributed by atoms with Crippen LogP contribution in [-0.4, -0.2) is 32.9 Å². The Morgan fingerprint density at radius 2 is 1.93 bits per heavy atom. The van der Waals surface area contributed by atoms with E-state index in [1.54, 1.807) is 25.1 Å². The van der Waals surface area contributed by atoms with E-state index in [0.717, 1.165) is 17.3 Å². The molecule has 2 aromatic carbocycles. The summed E-state index contributed by atoms with van der Waals surface area (Å²) in [5, 5.41) is 30.6. The van der Waals surface area contributed by atoms with Gasteiger partial charge in [-0.15, -0.1) is 0 Å². The average molecular weight is 397 g/mol. The number of para-hydroxylation sites is 1. The molecule has 0 radical (unpaired) electrons. The van der Waals surface area contributed by atoms with Crippen molar-refractivity contribution >= 4 is 34.5 Å². The zero-order valence-electron chi connectivity index (χ0n) is 15.3. The van der Waals surface area contributed by atoms with E-state index in [9.17, 15) is 20.1 Å². The van der Waals surface area contributed by atoms with Crippen LogP contribution in [0.1, 0.15) is 18.1 Å². The van der Waals surface area contributed by atoms with Gasteiger partial charge in [0.25, 0.3) is 0 Å². The molecule has 7 heteroatoms. The van der Waals surface area contributed by atoms with E-state index in [1.165, 1.54) is 12.1 Å². The van der Waals surface area contributed by atoms with Crippen LogP contribution in [0.25, 0.3) is 6.08 Å². The van der Waals surface area contributed by atoms with Crippen LogP contribution in [0.3, 0.4) is 0 Å². The maximum absolute atomic E-state index is 12.4. The fourth-order valence-corrected chi connectivity index (χ4v) is 3.64. The van der Waals surface area contributed by atoms with Gasteiger partial charge in [0.2, 0.25) is 0 Å². The predicted molar refractivity (Wildman–Crippen MR) is 110 cm³/mol. The highest BCUT2D eigenvalue weighted by Gasteiger charge is 2.33. The van der Waals surface area contributed by atoms with Crippen molar-refractivity contribution in [2.45, 2.75) is 13.8 Å². The lowest BCUT2D eigenvalue weighted by Crippen LogP contribution is -2.12. The molecule has 0 aromatic heterocycles. The molecular weight excluding hydrogens is 378 g/mol. The number of esters is 1. The van der Waals surface area contributed by atoms with Gasteiger partial charge in [0.05, 0.1) is 17.2 Å². The van der Waals surface area contributed by atoms with Crippen molar-refractivity contribution in [3.63, 3.8) is 0 Å². The Balaban J connectivity index is 2.08. The maximum atomic E-state index is 12.4. The number of aliphatic hydroxyl groups is 1. The van der Waals surface area contributed by atoms with Crippen molar-refractivity contribution in [1.82, 2.24) is 0 Å². The van der Waals surface area contributed by atoms with E-state index in [2.05, 4.69) is 4.99 Å². The van der Waals surface area contributed by atoms with Crippen molar-refractivity contribution in [2.24, 2.45) is 4.99 Å². The van der Waals surface area contributed by atoms with Gasteiger partial charge in [0, 0.05) is 5.56 Å². The van der Waals surface area contributed by atoms with Crippen LogP contribution < -0.4 is 0 Å². The molecule has 0 aliphatic carbocycles. The molecule has 0 spiro atoms. The van der Waals surface area contributed by atoms with E-state index in [-0.39, 0.29) is 29.4 Å². The zero-order valence-corrected chi connectivity index (χ0v) is 16.2. The first-order valence-electron chi connectivity index (χ1n) is 8.57. The highest BCUT2D eigenvalue weighted by atomic mass is 32.2. The molecule has 1 aliphatic heterocycles. The van der Waals surface area contributed by atoms with Gasteiger partial charge >= 0.3 is 5.97 Å². The predicted octanol–water partition coefficient (Wildman–Crippen LogP) is 4.60. The third kappa shape index (κ3) is 4.04. The minimum absolute atomic E-state index is 0.0285. The summed E-state index contributed by atoms with van der Waals surface area (Å²) in [5.74, 6) is -1.55. The van der Waals surface area contributed by atoms with Gasteiger partial charge in [-0.25, -0.2) is 9.79 Å². The summed E-state index contributed by atoms with van der Waals surface area (Å²) < 4.78 is 5.06. The molecule has 6 nitrogen and oxygen atoms in total. The monoisotopic (exact) mass is 397 g/mol. The molecule has 0 unspecified atom stereocenters. The van der Waals surface area contributed by atoms with Gasteiger partial charge in [0.15, 0.2) is 11.5 Å². The second-order valence-corrected chi connectivity index (χ2v) is 7.06. The third-order valence-electron chi connectivity index (χ3n) is 3.94. The first-order chi connectivity index (χ1) is 13.4. The van der Waals surface area contributed by atoms with Crippen LogP contribution >= 0.6 is 11.8 Å².